The number of non-ortho nitro benzene ring substituents is 1. The van der Waals surface area contributed by atoms with Crippen molar-refractivity contribution in [3.8, 4) is 0 Å². The van der Waals surface area contributed by atoms with Gasteiger partial charge in [0.1, 0.15) is 0 Å². The Labute approximate surface area is 168 Å². The molecule has 2 aromatic carbocycles. The second kappa shape index (κ2) is 8.93. The van der Waals surface area contributed by atoms with E-state index in [2.05, 4.69) is 10.5 Å². The molecular formula is C19H20N4O5S. The maximum absolute atomic E-state index is 12.6. The normalized spacial score (nSPS) is 16.0. The summed E-state index contributed by atoms with van der Waals surface area (Å²) in [6.45, 7) is 0.508. The molecule has 29 heavy (non-hydrogen) atoms. The molecule has 1 aliphatic heterocycles. The van der Waals surface area contributed by atoms with E-state index in [1.807, 2.05) is 0 Å². The van der Waals surface area contributed by atoms with Crippen molar-refractivity contribution >= 4 is 27.8 Å². The summed E-state index contributed by atoms with van der Waals surface area (Å²) in [4.78, 5) is 22.8. The molecule has 0 bridgehead atoms. The number of nitrogens with zero attached hydrogens (tertiary/aromatic N) is 3. The van der Waals surface area contributed by atoms with E-state index in [0.29, 0.717) is 18.4 Å². The summed E-state index contributed by atoms with van der Waals surface area (Å²) in [5.41, 5.74) is 2.85. The largest absolute Gasteiger partial charge is 0.273 e. The van der Waals surface area contributed by atoms with Gasteiger partial charge >= 0.3 is 0 Å². The van der Waals surface area contributed by atoms with Gasteiger partial charge in [0.05, 0.1) is 16.0 Å². The van der Waals surface area contributed by atoms with Gasteiger partial charge in [-0.05, 0) is 25.0 Å². The van der Waals surface area contributed by atoms with Crippen LogP contribution in [0.1, 0.15) is 18.4 Å². The Morgan fingerprint density at radius 1 is 1.14 bits per heavy atom. The van der Waals surface area contributed by atoms with Crippen molar-refractivity contribution in [3.05, 3.63) is 70.3 Å². The zero-order chi connectivity index (χ0) is 20.9. The van der Waals surface area contributed by atoms with E-state index in [9.17, 15) is 23.3 Å². The van der Waals surface area contributed by atoms with Gasteiger partial charge in [-0.25, -0.2) is 13.8 Å². The lowest BCUT2D eigenvalue weighted by Crippen LogP contribution is -2.42. The van der Waals surface area contributed by atoms with Gasteiger partial charge in [-0.2, -0.15) is 9.41 Å². The number of nitro groups is 1. The maximum Gasteiger partial charge on any atom is 0.270 e. The van der Waals surface area contributed by atoms with Crippen LogP contribution in [-0.2, 0) is 14.8 Å². The van der Waals surface area contributed by atoms with Crippen molar-refractivity contribution in [3.63, 3.8) is 0 Å². The maximum atomic E-state index is 12.6. The first-order valence-electron chi connectivity index (χ1n) is 9.00. The fraction of sp³-hybridized carbons (Fsp3) is 0.263. The molecule has 1 amide bonds. The van der Waals surface area contributed by atoms with Crippen LogP contribution < -0.4 is 5.43 Å². The molecule has 10 heteroatoms. The number of rotatable bonds is 6. The molecule has 0 spiro atoms. The second-order valence-corrected chi connectivity index (χ2v) is 8.52. The van der Waals surface area contributed by atoms with Gasteiger partial charge in [0.15, 0.2) is 0 Å². The SMILES string of the molecule is O=C(N/N=C\c1cccc([N+](=O)[O-])c1)C1CCN(S(=O)(=O)c2ccccc2)CC1. The summed E-state index contributed by atoms with van der Waals surface area (Å²) in [5, 5.41) is 14.6. The molecule has 1 aliphatic rings. The smallest absolute Gasteiger partial charge is 0.270 e. The molecule has 1 fully saturated rings. The van der Waals surface area contributed by atoms with Crippen LogP contribution in [-0.4, -0.2) is 42.9 Å². The van der Waals surface area contributed by atoms with Gasteiger partial charge in [0, 0.05) is 36.7 Å². The molecular weight excluding hydrogens is 396 g/mol. The van der Waals surface area contributed by atoms with Crippen LogP contribution in [0, 0.1) is 16.0 Å². The summed E-state index contributed by atoms with van der Waals surface area (Å²) >= 11 is 0. The first-order chi connectivity index (χ1) is 13.9. The number of hydrogen-bond acceptors (Lipinski definition) is 6. The highest BCUT2D eigenvalue weighted by atomic mass is 32.2. The van der Waals surface area contributed by atoms with Crippen molar-refractivity contribution in [1.29, 1.82) is 0 Å². The third kappa shape index (κ3) is 5.04. The molecule has 0 atom stereocenters. The van der Waals surface area contributed by atoms with Crippen molar-refractivity contribution in [2.24, 2.45) is 11.0 Å². The minimum absolute atomic E-state index is 0.0627. The van der Waals surface area contributed by atoms with Crippen LogP contribution in [0.15, 0.2) is 64.6 Å². The van der Waals surface area contributed by atoms with E-state index >= 15 is 0 Å². The van der Waals surface area contributed by atoms with Crippen LogP contribution in [0.5, 0.6) is 0 Å². The Morgan fingerprint density at radius 2 is 1.83 bits per heavy atom. The highest BCUT2D eigenvalue weighted by Crippen LogP contribution is 2.23. The third-order valence-electron chi connectivity index (χ3n) is 4.68. The van der Waals surface area contributed by atoms with Gasteiger partial charge in [-0.1, -0.05) is 30.3 Å². The van der Waals surface area contributed by atoms with E-state index in [4.69, 9.17) is 0 Å². The number of hydrazone groups is 1. The van der Waals surface area contributed by atoms with Gasteiger partial charge in [0.2, 0.25) is 15.9 Å². The zero-order valence-electron chi connectivity index (χ0n) is 15.5. The fourth-order valence-corrected chi connectivity index (χ4v) is 4.57. The molecule has 1 N–H and O–H groups in total. The average molecular weight is 416 g/mol. The van der Waals surface area contributed by atoms with Crippen LogP contribution in [0.4, 0.5) is 5.69 Å². The standard InChI is InChI=1S/C19H20N4O5S/c24-19(21-20-14-15-5-4-6-17(13-15)23(25)26)16-9-11-22(12-10-16)29(27,28)18-7-2-1-3-8-18/h1-8,13-14,16H,9-12H2,(H,21,24)/b20-14-. The first kappa shape index (κ1) is 20.6. The molecule has 0 aliphatic carbocycles. The minimum atomic E-state index is -3.56. The number of hydrogen-bond donors (Lipinski definition) is 1. The Kier molecular flexibility index (Phi) is 6.35. The molecule has 9 nitrogen and oxygen atoms in total. The zero-order valence-corrected chi connectivity index (χ0v) is 16.3. The highest BCUT2D eigenvalue weighted by molar-refractivity contribution is 7.89. The average Bonchev–Trinajstić information content (AvgIpc) is 2.74. The summed E-state index contributed by atoms with van der Waals surface area (Å²) in [7, 11) is -3.56. The van der Waals surface area contributed by atoms with E-state index in [-0.39, 0.29) is 35.5 Å². The van der Waals surface area contributed by atoms with E-state index < -0.39 is 14.9 Å². The number of sulfonamides is 1. The predicted octanol–water partition coefficient (Wildman–Crippen LogP) is 2.15. The Bertz CT molecular complexity index is 1020. The van der Waals surface area contributed by atoms with Crippen LogP contribution >= 0.6 is 0 Å². The lowest BCUT2D eigenvalue weighted by molar-refractivity contribution is -0.384. The topological polar surface area (TPSA) is 122 Å². The summed E-state index contributed by atoms with van der Waals surface area (Å²) in [5.74, 6) is -0.650. The van der Waals surface area contributed by atoms with Gasteiger partial charge < -0.3 is 0 Å². The van der Waals surface area contributed by atoms with Gasteiger partial charge in [-0.3, -0.25) is 14.9 Å². The Hall–Kier alpha value is -3.11. The quantitative estimate of drug-likeness (QED) is 0.439. The van der Waals surface area contributed by atoms with Gasteiger partial charge in [-0.15, -0.1) is 0 Å². The number of carbonyl (C=O) groups excluding carboxylic acids is 1. The minimum Gasteiger partial charge on any atom is -0.273 e. The number of amides is 1. The molecule has 0 radical (unpaired) electrons. The molecule has 1 saturated heterocycles. The number of nitrogens with one attached hydrogen (secondary N) is 1. The molecule has 1 heterocycles. The number of carbonyl (C=O) groups is 1. The number of benzene rings is 2. The monoisotopic (exact) mass is 416 g/mol. The van der Waals surface area contributed by atoms with Gasteiger partial charge in [0.25, 0.3) is 5.69 Å². The summed E-state index contributed by atoms with van der Waals surface area (Å²) in [6, 6.07) is 14.1. The van der Waals surface area contributed by atoms with Crippen LogP contribution in [0.25, 0.3) is 0 Å². The first-order valence-corrected chi connectivity index (χ1v) is 10.4. The van der Waals surface area contributed by atoms with Crippen molar-refractivity contribution in [2.75, 3.05) is 13.1 Å². The number of piperidine rings is 1. The molecule has 3 rings (SSSR count). The molecule has 0 unspecified atom stereocenters. The lowest BCUT2D eigenvalue weighted by atomic mass is 9.98. The Morgan fingerprint density at radius 3 is 2.48 bits per heavy atom. The molecule has 2 aromatic rings. The second-order valence-electron chi connectivity index (χ2n) is 6.58. The Balaban J connectivity index is 1.54. The summed E-state index contributed by atoms with van der Waals surface area (Å²) < 4.78 is 26.6. The van der Waals surface area contributed by atoms with Crippen molar-refractivity contribution in [1.82, 2.24) is 9.73 Å². The third-order valence-corrected chi connectivity index (χ3v) is 6.59. The van der Waals surface area contributed by atoms with E-state index in [1.165, 1.54) is 28.7 Å². The fourth-order valence-electron chi connectivity index (χ4n) is 3.08. The van der Waals surface area contributed by atoms with Crippen LogP contribution in [0.3, 0.4) is 0 Å². The highest BCUT2D eigenvalue weighted by Gasteiger charge is 2.31. The van der Waals surface area contributed by atoms with E-state index in [1.54, 1.807) is 36.4 Å². The van der Waals surface area contributed by atoms with Crippen LogP contribution in [0.2, 0.25) is 0 Å². The lowest BCUT2D eigenvalue weighted by Gasteiger charge is -2.30. The van der Waals surface area contributed by atoms with Crippen molar-refractivity contribution < 1.29 is 18.1 Å². The van der Waals surface area contributed by atoms with E-state index in [0.717, 1.165) is 0 Å². The molecule has 0 aromatic heterocycles. The van der Waals surface area contributed by atoms with Crippen molar-refractivity contribution in [2.45, 2.75) is 17.7 Å². The molecule has 0 saturated carbocycles. The molecule has 152 valence electrons. The summed E-state index contributed by atoms with van der Waals surface area (Å²) in [6.07, 6.45) is 2.12. The predicted molar refractivity (Wildman–Crippen MR) is 107 cm³/mol. The number of nitro benzene ring substituents is 1.